The summed E-state index contributed by atoms with van der Waals surface area (Å²) in [5, 5.41) is 4.87. The number of nitrogens with one attached hydrogen (secondary N) is 1. The Kier molecular flexibility index (Phi) is 12.3. The third kappa shape index (κ3) is 8.54. The second-order valence-corrected chi connectivity index (χ2v) is 17.1. The zero-order chi connectivity index (χ0) is 41.0. The molecule has 0 saturated carbocycles. The second-order valence-electron chi connectivity index (χ2n) is 15.0. The molecule has 3 heterocycles. The lowest BCUT2D eigenvalue weighted by atomic mass is 9.98. The SMILES string of the molecule is CCCCN(CCCC)C(=O)c1nn(-c2ccc(C(=O)NS(=O)(=O)c3ccc4c(c3)CCN4Cc3ccccc3)cc2C(=O)N2CCc3ccccc3C2)c(C)c1Cl. The molecule has 11 nitrogen and oxygen atoms in total. The largest absolute Gasteiger partial charge is 0.367 e. The van der Waals surface area contributed by atoms with Crippen LogP contribution < -0.4 is 9.62 Å². The Morgan fingerprint density at radius 1 is 0.810 bits per heavy atom. The molecule has 0 saturated heterocycles. The van der Waals surface area contributed by atoms with E-state index in [1.165, 1.54) is 22.9 Å². The summed E-state index contributed by atoms with van der Waals surface area (Å²) in [5.74, 6) is -1.54. The van der Waals surface area contributed by atoms with Crippen molar-refractivity contribution in [3.05, 3.63) is 141 Å². The molecule has 2 aliphatic heterocycles. The van der Waals surface area contributed by atoms with Crippen molar-refractivity contribution in [2.24, 2.45) is 0 Å². The molecule has 0 fully saturated rings. The van der Waals surface area contributed by atoms with E-state index in [4.69, 9.17) is 16.7 Å². The number of anilines is 1. The van der Waals surface area contributed by atoms with Gasteiger partial charge in [-0.25, -0.2) is 17.8 Å². The number of carbonyl (C=O) groups excluding carboxylic acids is 3. The maximum absolute atomic E-state index is 14.5. The molecular formula is C45H49ClN6O5S. The van der Waals surface area contributed by atoms with Crippen LogP contribution in [0.5, 0.6) is 0 Å². The van der Waals surface area contributed by atoms with Crippen molar-refractivity contribution in [3.63, 3.8) is 0 Å². The van der Waals surface area contributed by atoms with Gasteiger partial charge in [-0.3, -0.25) is 14.4 Å². The van der Waals surface area contributed by atoms with Crippen LogP contribution in [0.3, 0.4) is 0 Å². The number of rotatable bonds is 14. The fourth-order valence-electron chi connectivity index (χ4n) is 7.71. The topological polar surface area (TPSA) is 125 Å². The minimum atomic E-state index is -4.29. The zero-order valence-corrected chi connectivity index (χ0v) is 34.8. The van der Waals surface area contributed by atoms with E-state index in [-0.39, 0.29) is 38.6 Å². The highest BCUT2D eigenvalue weighted by molar-refractivity contribution is 7.90. The van der Waals surface area contributed by atoms with E-state index in [2.05, 4.69) is 35.6 Å². The van der Waals surface area contributed by atoms with Gasteiger partial charge < -0.3 is 14.7 Å². The molecule has 2 aliphatic rings. The number of sulfonamides is 1. The fourth-order valence-corrected chi connectivity index (χ4v) is 8.93. The minimum Gasteiger partial charge on any atom is -0.367 e. The lowest BCUT2D eigenvalue weighted by Crippen LogP contribution is -2.37. The van der Waals surface area contributed by atoms with Crippen LogP contribution >= 0.6 is 11.6 Å². The molecule has 1 aromatic heterocycles. The van der Waals surface area contributed by atoms with Crippen LogP contribution in [0.4, 0.5) is 5.69 Å². The first-order valence-electron chi connectivity index (χ1n) is 20.0. The molecule has 302 valence electrons. The van der Waals surface area contributed by atoms with E-state index in [0.717, 1.165) is 60.2 Å². The molecule has 5 aromatic rings. The van der Waals surface area contributed by atoms with Crippen molar-refractivity contribution < 1.29 is 22.8 Å². The Morgan fingerprint density at radius 2 is 1.48 bits per heavy atom. The summed E-state index contributed by atoms with van der Waals surface area (Å²) in [6.07, 6.45) is 4.84. The quantitative estimate of drug-likeness (QED) is 0.122. The van der Waals surface area contributed by atoms with Crippen LogP contribution in [-0.2, 0) is 36.0 Å². The van der Waals surface area contributed by atoms with Gasteiger partial charge in [0, 0.05) is 50.5 Å². The van der Waals surface area contributed by atoms with E-state index in [9.17, 15) is 22.8 Å². The van der Waals surface area contributed by atoms with Gasteiger partial charge in [-0.2, -0.15) is 5.10 Å². The number of aromatic nitrogens is 2. The molecule has 0 atom stereocenters. The first-order valence-corrected chi connectivity index (χ1v) is 21.9. The highest BCUT2D eigenvalue weighted by Gasteiger charge is 2.30. The maximum Gasteiger partial charge on any atom is 0.275 e. The Balaban J connectivity index is 1.19. The Labute approximate surface area is 345 Å². The summed E-state index contributed by atoms with van der Waals surface area (Å²) < 4.78 is 31.1. The normalized spacial score (nSPS) is 13.6. The number of unbranched alkanes of at least 4 members (excludes halogenated alkanes) is 2. The number of nitrogens with zero attached hydrogens (tertiary/aromatic N) is 5. The first kappa shape index (κ1) is 40.7. The third-order valence-electron chi connectivity index (χ3n) is 11.0. The molecule has 4 aromatic carbocycles. The molecule has 1 N–H and O–H groups in total. The Hall–Kier alpha value is -5.46. The molecule has 13 heteroatoms. The van der Waals surface area contributed by atoms with E-state index >= 15 is 0 Å². The van der Waals surface area contributed by atoms with Gasteiger partial charge in [0.05, 0.1) is 26.9 Å². The first-order chi connectivity index (χ1) is 28.0. The van der Waals surface area contributed by atoms with Crippen molar-refractivity contribution in [1.82, 2.24) is 24.3 Å². The van der Waals surface area contributed by atoms with Crippen molar-refractivity contribution in [2.45, 2.75) is 77.3 Å². The number of fused-ring (bicyclic) bond motifs is 2. The van der Waals surface area contributed by atoms with E-state index in [1.807, 2.05) is 42.5 Å². The van der Waals surface area contributed by atoms with E-state index < -0.39 is 15.9 Å². The summed E-state index contributed by atoms with van der Waals surface area (Å²) in [7, 11) is -4.29. The molecule has 7 rings (SSSR count). The van der Waals surface area contributed by atoms with Gasteiger partial charge in [0.15, 0.2) is 5.69 Å². The van der Waals surface area contributed by atoms with Gasteiger partial charge in [-0.1, -0.05) is 92.9 Å². The molecular weight excluding hydrogens is 772 g/mol. The number of amides is 3. The summed E-state index contributed by atoms with van der Waals surface area (Å²) >= 11 is 6.84. The van der Waals surface area contributed by atoms with Gasteiger partial charge >= 0.3 is 0 Å². The third-order valence-corrected chi connectivity index (χ3v) is 12.8. The van der Waals surface area contributed by atoms with Crippen molar-refractivity contribution in [1.29, 1.82) is 0 Å². The van der Waals surface area contributed by atoms with Crippen LogP contribution in [0.2, 0.25) is 5.02 Å². The molecule has 58 heavy (non-hydrogen) atoms. The summed E-state index contributed by atoms with van der Waals surface area (Å²) in [6, 6.07) is 27.4. The van der Waals surface area contributed by atoms with Crippen molar-refractivity contribution in [3.8, 4) is 5.69 Å². The lowest BCUT2D eigenvalue weighted by molar-refractivity contribution is 0.0732. The highest BCUT2D eigenvalue weighted by Crippen LogP contribution is 2.32. The molecule has 0 aliphatic carbocycles. The smallest absolute Gasteiger partial charge is 0.275 e. The summed E-state index contributed by atoms with van der Waals surface area (Å²) in [4.78, 5) is 47.9. The predicted molar refractivity (Wildman–Crippen MR) is 226 cm³/mol. The van der Waals surface area contributed by atoms with Crippen LogP contribution in [0, 0.1) is 6.92 Å². The minimum absolute atomic E-state index is 0.0213. The van der Waals surface area contributed by atoms with E-state index in [1.54, 1.807) is 34.9 Å². The van der Waals surface area contributed by atoms with Gasteiger partial charge in [-0.05, 0) is 91.3 Å². The zero-order valence-electron chi connectivity index (χ0n) is 33.2. The van der Waals surface area contributed by atoms with Crippen LogP contribution in [-0.4, -0.2) is 71.9 Å². The molecule has 0 unspecified atom stereocenters. The second kappa shape index (κ2) is 17.6. The number of hydrogen-bond acceptors (Lipinski definition) is 7. The summed E-state index contributed by atoms with van der Waals surface area (Å²) in [5.41, 5.74) is 6.13. The van der Waals surface area contributed by atoms with Gasteiger partial charge in [0.2, 0.25) is 0 Å². The maximum atomic E-state index is 14.5. The molecule has 3 amide bonds. The molecule has 0 bridgehead atoms. The van der Waals surface area contributed by atoms with Crippen LogP contribution in [0.25, 0.3) is 5.69 Å². The average Bonchev–Trinajstić information content (AvgIpc) is 3.78. The fraction of sp³-hybridized carbons (Fsp3) is 0.333. The van der Waals surface area contributed by atoms with Crippen molar-refractivity contribution in [2.75, 3.05) is 31.1 Å². The molecule has 0 spiro atoms. The predicted octanol–water partition coefficient (Wildman–Crippen LogP) is 7.76. The lowest BCUT2D eigenvalue weighted by Gasteiger charge is -2.29. The number of carbonyl (C=O) groups is 3. The Morgan fingerprint density at radius 3 is 2.21 bits per heavy atom. The molecule has 0 radical (unpaired) electrons. The van der Waals surface area contributed by atoms with Gasteiger partial charge in [-0.15, -0.1) is 0 Å². The van der Waals surface area contributed by atoms with Gasteiger partial charge in [0.25, 0.3) is 27.7 Å². The monoisotopic (exact) mass is 820 g/mol. The standard InChI is InChI=1S/C45H49ClN6O5S/c1-4-6-23-49(24-7-5-2)45(55)42-41(46)31(3)52(47-42)40-19-17-35(28-38(40)44(54)51-26-21-33-15-11-12-16-36(33)30-51)43(53)48-58(56,57)37-18-20-39-34(27-37)22-25-50(39)29-32-13-9-8-10-14-32/h8-20,27-28H,4-7,21-26,29-30H2,1-3H3,(H,48,53). The number of halogens is 1. The summed E-state index contributed by atoms with van der Waals surface area (Å²) in [6.45, 7) is 9.26. The van der Waals surface area contributed by atoms with Crippen molar-refractivity contribution >= 4 is 45.0 Å². The van der Waals surface area contributed by atoms with Crippen LogP contribution in [0.15, 0.2) is 95.9 Å². The number of hydrogen-bond donors (Lipinski definition) is 1. The Bertz CT molecular complexity index is 2440. The highest BCUT2D eigenvalue weighted by atomic mass is 35.5. The van der Waals surface area contributed by atoms with Gasteiger partial charge in [0.1, 0.15) is 0 Å². The number of benzene rings is 4. The van der Waals surface area contributed by atoms with E-state index in [0.29, 0.717) is 56.9 Å². The average molecular weight is 821 g/mol. The van der Waals surface area contributed by atoms with Crippen LogP contribution in [0.1, 0.15) is 98.7 Å².